The van der Waals surface area contributed by atoms with Gasteiger partial charge in [-0.05, 0) is 19.1 Å². The van der Waals surface area contributed by atoms with Crippen molar-refractivity contribution in [1.29, 1.82) is 0 Å². The molecule has 1 saturated heterocycles. The minimum Gasteiger partial charge on any atom is -0.496 e. The third-order valence-electron chi connectivity index (χ3n) is 3.40. The van der Waals surface area contributed by atoms with Gasteiger partial charge in [0.05, 0.1) is 32.9 Å². The van der Waals surface area contributed by atoms with E-state index in [2.05, 4.69) is 4.74 Å². The van der Waals surface area contributed by atoms with E-state index in [4.69, 9.17) is 9.47 Å². The molecule has 114 valence electrons. The van der Waals surface area contributed by atoms with Crippen LogP contribution in [0.15, 0.2) is 18.2 Å². The zero-order valence-corrected chi connectivity index (χ0v) is 12.4. The fourth-order valence-corrected chi connectivity index (χ4v) is 2.27. The Hall–Kier alpha value is -2.08. The molecule has 6 heteroatoms. The van der Waals surface area contributed by atoms with Gasteiger partial charge in [-0.15, -0.1) is 0 Å². The van der Waals surface area contributed by atoms with Crippen LogP contribution in [0.5, 0.6) is 5.75 Å². The molecule has 0 bridgehead atoms. The second-order valence-electron chi connectivity index (χ2n) is 4.84. The summed E-state index contributed by atoms with van der Waals surface area (Å²) in [7, 11) is 2.83. The minimum absolute atomic E-state index is 0.173. The molecule has 2 rings (SSSR count). The normalized spacial score (nSPS) is 18.2. The van der Waals surface area contributed by atoms with Gasteiger partial charge in [-0.3, -0.25) is 4.79 Å². The highest BCUT2D eigenvalue weighted by Gasteiger charge is 2.31. The van der Waals surface area contributed by atoms with E-state index in [1.165, 1.54) is 14.2 Å². The molecule has 1 fully saturated rings. The number of carbonyl (C=O) groups excluding carboxylic acids is 2. The third kappa shape index (κ3) is 3.33. The number of rotatable bonds is 3. The Morgan fingerprint density at radius 1 is 1.33 bits per heavy atom. The molecule has 1 amide bonds. The molecule has 0 saturated carbocycles. The van der Waals surface area contributed by atoms with Gasteiger partial charge in [-0.1, -0.05) is 11.6 Å². The van der Waals surface area contributed by atoms with Gasteiger partial charge in [0.1, 0.15) is 5.75 Å². The average molecular weight is 293 g/mol. The lowest BCUT2D eigenvalue weighted by Crippen LogP contribution is -2.49. The van der Waals surface area contributed by atoms with Crippen LogP contribution in [-0.4, -0.2) is 56.8 Å². The minimum atomic E-state index is -0.733. The van der Waals surface area contributed by atoms with Crippen molar-refractivity contribution in [2.75, 3.05) is 33.9 Å². The van der Waals surface area contributed by atoms with Gasteiger partial charge in [0.15, 0.2) is 6.10 Å². The molecule has 0 N–H and O–H groups in total. The highest BCUT2D eigenvalue weighted by molar-refractivity contribution is 5.97. The quantitative estimate of drug-likeness (QED) is 0.778. The van der Waals surface area contributed by atoms with Crippen molar-refractivity contribution in [3.63, 3.8) is 0 Å². The highest BCUT2D eigenvalue weighted by atomic mass is 16.6. The van der Waals surface area contributed by atoms with E-state index in [0.29, 0.717) is 24.5 Å². The number of nitrogens with zero attached hydrogens (tertiary/aromatic N) is 1. The Bertz CT molecular complexity index is 543. The Balaban J connectivity index is 2.19. The van der Waals surface area contributed by atoms with Crippen molar-refractivity contribution in [3.8, 4) is 5.75 Å². The molecule has 1 unspecified atom stereocenters. The van der Waals surface area contributed by atoms with Crippen LogP contribution >= 0.6 is 0 Å². The molecule has 0 aliphatic carbocycles. The van der Waals surface area contributed by atoms with Crippen LogP contribution in [0.3, 0.4) is 0 Å². The van der Waals surface area contributed by atoms with Crippen molar-refractivity contribution in [2.45, 2.75) is 13.0 Å². The average Bonchev–Trinajstić information content (AvgIpc) is 2.53. The van der Waals surface area contributed by atoms with Gasteiger partial charge >= 0.3 is 5.97 Å². The molecule has 1 aliphatic rings. The Labute approximate surface area is 123 Å². The first-order valence-electron chi connectivity index (χ1n) is 6.70. The second kappa shape index (κ2) is 6.58. The van der Waals surface area contributed by atoms with E-state index in [0.717, 1.165) is 5.56 Å². The summed E-state index contributed by atoms with van der Waals surface area (Å²) in [4.78, 5) is 25.8. The van der Waals surface area contributed by atoms with Gasteiger partial charge in [-0.25, -0.2) is 4.79 Å². The molecule has 1 aliphatic heterocycles. The lowest BCUT2D eigenvalue weighted by atomic mass is 10.1. The zero-order chi connectivity index (χ0) is 15.4. The Morgan fingerprint density at radius 3 is 2.76 bits per heavy atom. The summed E-state index contributed by atoms with van der Waals surface area (Å²) in [5, 5.41) is 0. The van der Waals surface area contributed by atoms with E-state index in [1.54, 1.807) is 17.0 Å². The number of esters is 1. The number of hydrogen-bond acceptors (Lipinski definition) is 5. The van der Waals surface area contributed by atoms with E-state index >= 15 is 0 Å². The number of aryl methyl sites for hydroxylation is 1. The fourth-order valence-electron chi connectivity index (χ4n) is 2.27. The summed E-state index contributed by atoms with van der Waals surface area (Å²) >= 11 is 0. The third-order valence-corrected chi connectivity index (χ3v) is 3.40. The lowest BCUT2D eigenvalue weighted by molar-refractivity contribution is -0.158. The number of morpholine rings is 1. The SMILES string of the molecule is COC(=O)C1CN(C(=O)c2cc(C)ccc2OC)CCO1. The second-order valence-corrected chi connectivity index (χ2v) is 4.84. The van der Waals surface area contributed by atoms with Gasteiger partial charge in [-0.2, -0.15) is 0 Å². The number of methoxy groups -OCH3 is 2. The number of amides is 1. The number of hydrogen-bond donors (Lipinski definition) is 0. The van der Waals surface area contributed by atoms with Crippen LogP contribution < -0.4 is 4.74 Å². The Kier molecular flexibility index (Phi) is 4.80. The lowest BCUT2D eigenvalue weighted by Gasteiger charge is -2.31. The molecule has 21 heavy (non-hydrogen) atoms. The molecule has 6 nitrogen and oxygen atoms in total. The van der Waals surface area contributed by atoms with Gasteiger partial charge in [0.2, 0.25) is 0 Å². The zero-order valence-electron chi connectivity index (χ0n) is 12.4. The van der Waals surface area contributed by atoms with Crippen LogP contribution in [0.1, 0.15) is 15.9 Å². The highest BCUT2D eigenvalue weighted by Crippen LogP contribution is 2.22. The van der Waals surface area contributed by atoms with Crippen molar-refractivity contribution >= 4 is 11.9 Å². The molecular formula is C15H19NO5. The summed E-state index contributed by atoms with van der Waals surface area (Å²) in [6.45, 7) is 2.83. The summed E-state index contributed by atoms with van der Waals surface area (Å²) < 4.78 is 15.2. The van der Waals surface area contributed by atoms with Crippen molar-refractivity contribution in [3.05, 3.63) is 29.3 Å². The van der Waals surface area contributed by atoms with Crippen LogP contribution in [0.4, 0.5) is 0 Å². The van der Waals surface area contributed by atoms with E-state index in [9.17, 15) is 9.59 Å². The topological polar surface area (TPSA) is 65.1 Å². The first-order valence-corrected chi connectivity index (χ1v) is 6.70. The molecular weight excluding hydrogens is 274 g/mol. The van der Waals surface area contributed by atoms with Crippen molar-refractivity contribution in [2.24, 2.45) is 0 Å². The maximum atomic E-state index is 12.6. The molecule has 1 atom stereocenters. The van der Waals surface area contributed by atoms with Gasteiger partial charge < -0.3 is 19.1 Å². The van der Waals surface area contributed by atoms with Crippen LogP contribution in [0, 0.1) is 6.92 Å². The molecule has 0 radical (unpaired) electrons. The standard InChI is InChI=1S/C15H19NO5/c1-10-4-5-12(19-2)11(8-10)14(17)16-6-7-21-13(9-16)15(18)20-3/h4-5,8,13H,6-7,9H2,1-3H3. The molecule has 1 heterocycles. The summed E-state index contributed by atoms with van der Waals surface area (Å²) in [5.41, 5.74) is 1.46. The maximum Gasteiger partial charge on any atom is 0.336 e. The van der Waals surface area contributed by atoms with Crippen LogP contribution in [0.25, 0.3) is 0 Å². The number of carbonyl (C=O) groups is 2. The van der Waals surface area contributed by atoms with E-state index in [1.807, 2.05) is 13.0 Å². The van der Waals surface area contributed by atoms with E-state index in [-0.39, 0.29) is 12.5 Å². The largest absolute Gasteiger partial charge is 0.496 e. The summed E-state index contributed by atoms with van der Waals surface area (Å²) in [6.07, 6.45) is -0.733. The molecule has 1 aromatic rings. The number of benzene rings is 1. The first-order chi connectivity index (χ1) is 10.1. The monoisotopic (exact) mass is 293 g/mol. The first kappa shape index (κ1) is 15.3. The van der Waals surface area contributed by atoms with Gasteiger partial charge in [0, 0.05) is 6.54 Å². The maximum absolute atomic E-state index is 12.6. The summed E-state index contributed by atoms with van der Waals surface area (Å²) in [6, 6.07) is 5.43. The number of ether oxygens (including phenoxy) is 3. The fraction of sp³-hybridized carbons (Fsp3) is 0.467. The van der Waals surface area contributed by atoms with Crippen LogP contribution in [0.2, 0.25) is 0 Å². The summed E-state index contributed by atoms with van der Waals surface area (Å²) in [5.74, 6) is -0.122. The molecule has 0 aromatic heterocycles. The van der Waals surface area contributed by atoms with Crippen molar-refractivity contribution in [1.82, 2.24) is 4.90 Å². The predicted molar refractivity (Wildman–Crippen MR) is 75.4 cm³/mol. The Morgan fingerprint density at radius 2 is 2.10 bits per heavy atom. The predicted octanol–water partition coefficient (Wildman–Crippen LogP) is 1.02. The molecule has 1 aromatic carbocycles. The smallest absolute Gasteiger partial charge is 0.336 e. The van der Waals surface area contributed by atoms with E-state index < -0.39 is 12.1 Å². The van der Waals surface area contributed by atoms with Gasteiger partial charge in [0.25, 0.3) is 5.91 Å². The van der Waals surface area contributed by atoms with Crippen LogP contribution in [-0.2, 0) is 14.3 Å². The molecule has 0 spiro atoms. The van der Waals surface area contributed by atoms with Crippen molar-refractivity contribution < 1.29 is 23.8 Å².